The van der Waals surface area contributed by atoms with E-state index in [4.69, 9.17) is 37.9 Å². The average Bonchev–Trinajstić information content (AvgIpc) is 3.17. The number of nitrogens with zero attached hydrogens (tertiary/aromatic N) is 2. The lowest BCUT2D eigenvalue weighted by molar-refractivity contribution is -0.153. The van der Waals surface area contributed by atoms with Crippen molar-refractivity contribution in [1.82, 2.24) is 9.21 Å². The van der Waals surface area contributed by atoms with Crippen molar-refractivity contribution in [3.8, 4) is 5.75 Å². The van der Waals surface area contributed by atoms with E-state index in [0.29, 0.717) is 57.4 Å². The molecule has 1 N–H and O–H groups in total. The van der Waals surface area contributed by atoms with Crippen molar-refractivity contribution in [2.24, 2.45) is 0 Å². The van der Waals surface area contributed by atoms with Crippen LogP contribution in [0.5, 0.6) is 5.75 Å². The van der Waals surface area contributed by atoms with Crippen LogP contribution in [-0.4, -0.2) is 147 Å². The minimum absolute atomic E-state index is 0.0396. The fourth-order valence-corrected chi connectivity index (χ4v) is 6.77. The summed E-state index contributed by atoms with van der Waals surface area (Å²) in [5, 5.41) is 9.67. The van der Waals surface area contributed by atoms with Gasteiger partial charge in [-0.1, -0.05) is 12.1 Å². The number of amides is 1. The maximum Gasteiger partial charge on any atom is 0.337 e. The van der Waals surface area contributed by atoms with Crippen molar-refractivity contribution in [3.05, 3.63) is 71.5 Å². The SMILES string of the molecule is COC(=O)c1ccc([C@H]2C=C(C(=O)N3CCOCCOCCOCCOCC3)O[C@@H](OCCN(CCO)S(=O)(=O)c3ccc(OC)cc3)C2)cc1. The summed E-state index contributed by atoms with van der Waals surface area (Å²) in [4.78, 5) is 27.7. The lowest BCUT2D eigenvalue weighted by Gasteiger charge is -2.32. The lowest BCUT2D eigenvalue weighted by atomic mass is 9.92. The Morgan fingerprint density at radius 2 is 1.43 bits per heavy atom. The summed E-state index contributed by atoms with van der Waals surface area (Å²) >= 11 is 0. The van der Waals surface area contributed by atoms with E-state index < -0.39 is 34.8 Å². The third kappa shape index (κ3) is 12.2. The van der Waals surface area contributed by atoms with E-state index in [1.165, 1.54) is 26.4 Å². The standard InChI is InChI=1S/C35H48N2O13S/c1-43-30-7-9-31(10-8-30)51(41,42)37(11-15-38)14-18-49-33-26-29(27-3-5-28(6-4-27)35(40)44-2)25-32(50-33)34(39)36-12-16-45-19-21-47-23-24-48-22-20-46-17-13-36/h3-10,25,29,33,38H,11-24,26H2,1-2H3/t29-,33+/m0/s1. The van der Waals surface area contributed by atoms with Gasteiger partial charge in [0, 0.05) is 38.5 Å². The molecule has 4 rings (SSSR count). The maximum atomic E-state index is 14.0. The van der Waals surface area contributed by atoms with Gasteiger partial charge in [0.25, 0.3) is 5.91 Å². The Balaban J connectivity index is 1.50. The monoisotopic (exact) mass is 736 g/mol. The van der Waals surface area contributed by atoms with E-state index in [2.05, 4.69) is 0 Å². The van der Waals surface area contributed by atoms with Crippen LogP contribution in [0.4, 0.5) is 0 Å². The maximum absolute atomic E-state index is 14.0. The molecule has 0 aromatic heterocycles. The molecular weight excluding hydrogens is 688 g/mol. The van der Waals surface area contributed by atoms with Crippen LogP contribution in [0.15, 0.2) is 65.3 Å². The second kappa shape index (κ2) is 21.0. The fourth-order valence-electron chi connectivity index (χ4n) is 5.36. The number of esters is 1. The van der Waals surface area contributed by atoms with Crippen molar-refractivity contribution in [1.29, 1.82) is 0 Å². The molecule has 2 atom stereocenters. The van der Waals surface area contributed by atoms with Crippen molar-refractivity contribution in [3.63, 3.8) is 0 Å². The molecule has 282 valence electrons. The Kier molecular flexibility index (Phi) is 16.6. The molecule has 1 fully saturated rings. The van der Waals surface area contributed by atoms with Crippen LogP contribution < -0.4 is 4.74 Å². The predicted octanol–water partition coefficient (Wildman–Crippen LogP) is 1.80. The number of methoxy groups -OCH3 is 2. The molecule has 2 aliphatic heterocycles. The highest BCUT2D eigenvalue weighted by Gasteiger charge is 2.32. The van der Waals surface area contributed by atoms with Gasteiger partial charge >= 0.3 is 5.97 Å². The molecular formula is C35H48N2O13S. The topological polar surface area (TPSA) is 169 Å². The van der Waals surface area contributed by atoms with Gasteiger partial charge < -0.3 is 47.9 Å². The number of benzene rings is 2. The molecule has 2 aliphatic rings. The number of carbonyl (C=O) groups is 2. The Morgan fingerprint density at radius 3 is 1.98 bits per heavy atom. The molecule has 0 unspecified atom stereocenters. The quantitative estimate of drug-likeness (QED) is 0.314. The van der Waals surface area contributed by atoms with E-state index in [0.717, 1.165) is 9.87 Å². The van der Waals surface area contributed by atoms with E-state index in [9.17, 15) is 23.1 Å². The van der Waals surface area contributed by atoms with Gasteiger partial charge in [0.2, 0.25) is 16.3 Å². The second-order valence-corrected chi connectivity index (χ2v) is 13.4. The number of aliphatic hydroxyl groups is 1. The van der Waals surface area contributed by atoms with Gasteiger partial charge in [-0.2, -0.15) is 4.31 Å². The van der Waals surface area contributed by atoms with Gasteiger partial charge in [-0.25, -0.2) is 13.2 Å². The van der Waals surface area contributed by atoms with Gasteiger partial charge in [-0.05, 0) is 48.0 Å². The van der Waals surface area contributed by atoms with E-state index in [1.54, 1.807) is 47.4 Å². The number of hydrogen-bond acceptors (Lipinski definition) is 13. The number of hydrogen-bond donors (Lipinski definition) is 1. The van der Waals surface area contributed by atoms with Gasteiger partial charge in [-0.15, -0.1) is 0 Å². The first kappa shape index (κ1) is 40.2. The van der Waals surface area contributed by atoms with Gasteiger partial charge in [-0.3, -0.25) is 4.79 Å². The Morgan fingerprint density at radius 1 is 0.843 bits per heavy atom. The van der Waals surface area contributed by atoms with Crippen molar-refractivity contribution >= 4 is 21.9 Å². The lowest BCUT2D eigenvalue weighted by Crippen LogP contribution is -2.41. The summed E-state index contributed by atoms with van der Waals surface area (Å²) in [5.41, 5.74) is 1.18. The molecule has 2 aromatic rings. The Hall–Kier alpha value is -3.61. The zero-order valence-corrected chi connectivity index (χ0v) is 29.9. The number of sulfonamides is 1. The summed E-state index contributed by atoms with van der Waals surface area (Å²) < 4.78 is 72.5. The summed E-state index contributed by atoms with van der Waals surface area (Å²) in [7, 11) is -1.18. The van der Waals surface area contributed by atoms with E-state index in [1.807, 2.05) is 0 Å². The zero-order valence-electron chi connectivity index (χ0n) is 29.1. The number of carbonyl (C=O) groups excluding carboxylic acids is 2. The number of allylic oxidation sites excluding steroid dienone is 1. The minimum atomic E-state index is -3.97. The van der Waals surface area contributed by atoms with Crippen molar-refractivity contribution < 1.29 is 61.0 Å². The molecule has 1 amide bonds. The van der Waals surface area contributed by atoms with Crippen LogP contribution in [0.25, 0.3) is 0 Å². The number of rotatable bonds is 12. The summed E-state index contributed by atoms with van der Waals surface area (Å²) in [6.07, 6.45) is 1.09. The van der Waals surface area contributed by atoms with Crippen LogP contribution >= 0.6 is 0 Å². The molecule has 16 heteroatoms. The first-order chi connectivity index (χ1) is 24.8. The third-order valence-electron chi connectivity index (χ3n) is 8.13. The van der Waals surface area contributed by atoms with E-state index in [-0.39, 0.29) is 62.6 Å². The molecule has 0 spiro atoms. The van der Waals surface area contributed by atoms with E-state index >= 15 is 0 Å². The van der Waals surface area contributed by atoms with Gasteiger partial charge in [0.15, 0.2) is 5.76 Å². The molecule has 0 saturated carbocycles. The second-order valence-electron chi connectivity index (χ2n) is 11.4. The van der Waals surface area contributed by atoms with Crippen LogP contribution in [-0.2, 0) is 48.0 Å². The number of ether oxygens (including phenoxy) is 8. The van der Waals surface area contributed by atoms with Crippen LogP contribution in [0, 0.1) is 0 Å². The molecule has 51 heavy (non-hydrogen) atoms. The Bertz CT molecular complexity index is 1490. The molecule has 15 nitrogen and oxygen atoms in total. The highest BCUT2D eigenvalue weighted by molar-refractivity contribution is 7.89. The van der Waals surface area contributed by atoms with Crippen LogP contribution in [0.1, 0.15) is 28.3 Å². The average molecular weight is 737 g/mol. The highest BCUT2D eigenvalue weighted by Crippen LogP contribution is 2.32. The molecule has 0 radical (unpaired) electrons. The minimum Gasteiger partial charge on any atom is -0.497 e. The summed E-state index contributed by atoms with van der Waals surface area (Å²) in [5.74, 6) is -0.663. The zero-order chi connectivity index (χ0) is 36.5. The van der Waals surface area contributed by atoms with Crippen LogP contribution in [0.3, 0.4) is 0 Å². The van der Waals surface area contributed by atoms with Crippen molar-refractivity contribution in [2.45, 2.75) is 23.5 Å². The predicted molar refractivity (Wildman–Crippen MR) is 183 cm³/mol. The van der Waals surface area contributed by atoms with Crippen LogP contribution in [0.2, 0.25) is 0 Å². The summed E-state index contributed by atoms with van der Waals surface area (Å²) in [6, 6.07) is 12.8. The molecule has 0 bridgehead atoms. The van der Waals surface area contributed by atoms with Gasteiger partial charge in [0.1, 0.15) is 5.75 Å². The van der Waals surface area contributed by atoms with Crippen molar-refractivity contribution in [2.75, 3.05) is 106 Å². The third-order valence-corrected chi connectivity index (χ3v) is 10.0. The largest absolute Gasteiger partial charge is 0.497 e. The number of aliphatic hydroxyl groups excluding tert-OH is 1. The first-order valence-electron chi connectivity index (χ1n) is 16.8. The smallest absolute Gasteiger partial charge is 0.337 e. The normalized spacial score (nSPS) is 20.0. The summed E-state index contributed by atoms with van der Waals surface area (Å²) in [6.45, 7) is 2.75. The molecule has 1 saturated heterocycles. The Labute approximate surface area is 298 Å². The first-order valence-corrected chi connectivity index (χ1v) is 18.2. The fraction of sp³-hybridized carbons (Fsp3) is 0.543. The molecule has 2 aromatic carbocycles. The molecule has 2 heterocycles. The highest BCUT2D eigenvalue weighted by atomic mass is 32.2. The molecule has 0 aliphatic carbocycles. The van der Waals surface area contributed by atoms with Gasteiger partial charge in [0.05, 0.1) is 90.7 Å².